The molecule has 0 N–H and O–H groups in total. The number of anilines is 4. The monoisotopic (exact) mass is 429 g/mol. The van der Waals surface area contributed by atoms with Gasteiger partial charge in [-0.25, -0.2) is 5.01 Å². The Morgan fingerprint density at radius 1 is 0.727 bits per heavy atom. The maximum atomic E-state index is 4.92. The van der Waals surface area contributed by atoms with Crippen LogP contribution in [0.25, 0.3) is 0 Å². The van der Waals surface area contributed by atoms with Gasteiger partial charge in [0.1, 0.15) is 0 Å². The summed E-state index contributed by atoms with van der Waals surface area (Å²) in [6, 6.07) is 38.9. The molecule has 0 amide bonds. The Bertz CT molecular complexity index is 1210. The van der Waals surface area contributed by atoms with Gasteiger partial charge in [0.05, 0.1) is 17.6 Å². The zero-order chi connectivity index (χ0) is 22.0. The topological polar surface area (TPSA) is 18.8 Å². The van der Waals surface area contributed by atoms with E-state index in [2.05, 4.69) is 102 Å². The number of rotatable bonds is 5. The van der Waals surface area contributed by atoms with Gasteiger partial charge in [-0.1, -0.05) is 67.1 Å². The lowest BCUT2D eigenvalue weighted by Crippen LogP contribution is -2.26. The summed E-state index contributed by atoms with van der Waals surface area (Å²) < 4.78 is 0. The Balaban J connectivity index is 1.36. The zero-order valence-electron chi connectivity index (χ0n) is 18.6. The third-order valence-corrected chi connectivity index (χ3v) is 6.88. The molecular formula is C30H27N3. The smallest absolute Gasteiger partial charge is 0.0652 e. The molecule has 2 aliphatic rings. The first-order chi connectivity index (χ1) is 16.4. The van der Waals surface area contributed by atoms with E-state index in [0.29, 0.717) is 12.0 Å². The van der Waals surface area contributed by atoms with Crippen LogP contribution in [0.2, 0.25) is 0 Å². The van der Waals surface area contributed by atoms with Gasteiger partial charge in [0.25, 0.3) is 0 Å². The van der Waals surface area contributed by atoms with Crippen LogP contribution in [0.3, 0.4) is 0 Å². The van der Waals surface area contributed by atoms with Crippen molar-refractivity contribution in [1.82, 2.24) is 0 Å². The van der Waals surface area contributed by atoms with Gasteiger partial charge in [-0.2, -0.15) is 5.10 Å². The molecular weight excluding hydrogens is 402 g/mol. The fourth-order valence-corrected chi connectivity index (χ4v) is 5.42. The molecule has 6 rings (SSSR count). The van der Waals surface area contributed by atoms with Crippen LogP contribution in [0.1, 0.15) is 36.3 Å². The number of benzene rings is 4. The molecule has 0 saturated heterocycles. The first-order valence-corrected chi connectivity index (χ1v) is 11.8. The number of hydrazone groups is 1. The van der Waals surface area contributed by atoms with Gasteiger partial charge in [0.2, 0.25) is 0 Å². The third kappa shape index (κ3) is 3.70. The number of fused-ring (bicyclic) bond motifs is 3. The van der Waals surface area contributed by atoms with Crippen molar-refractivity contribution in [1.29, 1.82) is 0 Å². The van der Waals surface area contributed by atoms with Crippen LogP contribution < -0.4 is 9.91 Å². The fourth-order valence-electron chi connectivity index (χ4n) is 5.42. The van der Waals surface area contributed by atoms with E-state index in [1.807, 2.05) is 23.4 Å². The summed E-state index contributed by atoms with van der Waals surface area (Å²) in [5.74, 6) is 0.605. The van der Waals surface area contributed by atoms with Gasteiger partial charge in [0.15, 0.2) is 0 Å². The highest BCUT2D eigenvalue weighted by Crippen LogP contribution is 2.52. The van der Waals surface area contributed by atoms with Crippen LogP contribution in [-0.4, -0.2) is 12.3 Å². The van der Waals surface area contributed by atoms with Gasteiger partial charge < -0.3 is 4.90 Å². The number of hydrogen-bond acceptors (Lipinski definition) is 3. The number of nitrogens with zero attached hydrogens (tertiary/aromatic N) is 3. The molecule has 0 radical (unpaired) electrons. The van der Waals surface area contributed by atoms with Crippen LogP contribution in [0.4, 0.5) is 22.7 Å². The molecule has 0 aromatic heterocycles. The van der Waals surface area contributed by atoms with Crippen molar-refractivity contribution in [2.45, 2.75) is 31.2 Å². The largest absolute Gasteiger partial charge is 0.338 e. The van der Waals surface area contributed by atoms with E-state index < -0.39 is 0 Å². The molecule has 33 heavy (non-hydrogen) atoms. The van der Waals surface area contributed by atoms with E-state index in [9.17, 15) is 0 Å². The van der Waals surface area contributed by atoms with E-state index >= 15 is 0 Å². The Hall–Kier alpha value is -3.85. The van der Waals surface area contributed by atoms with Gasteiger partial charge in [-0.3, -0.25) is 0 Å². The van der Waals surface area contributed by atoms with Crippen LogP contribution in [0.5, 0.6) is 0 Å². The van der Waals surface area contributed by atoms with Crippen molar-refractivity contribution in [3.8, 4) is 0 Å². The van der Waals surface area contributed by atoms with E-state index in [1.165, 1.54) is 36.2 Å². The number of para-hydroxylation sites is 3. The molecule has 4 aromatic carbocycles. The molecule has 2 atom stereocenters. The molecule has 2 unspecified atom stereocenters. The van der Waals surface area contributed by atoms with Crippen molar-refractivity contribution in [3.63, 3.8) is 0 Å². The second-order valence-electron chi connectivity index (χ2n) is 8.86. The van der Waals surface area contributed by atoms with Crippen molar-refractivity contribution in [2.24, 2.45) is 5.10 Å². The molecule has 3 nitrogen and oxygen atoms in total. The lowest BCUT2D eigenvalue weighted by molar-refractivity contribution is 0.642. The molecule has 1 aliphatic heterocycles. The molecule has 0 bridgehead atoms. The molecule has 162 valence electrons. The van der Waals surface area contributed by atoms with Crippen LogP contribution in [0.15, 0.2) is 114 Å². The Labute approximate surface area is 195 Å². The predicted octanol–water partition coefficient (Wildman–Crippen LogP) is 7.65. The maximum Gasteiger partial charge on any atom is 0.0652 e. The molecule has 1 fully saturated rings. The molecule has 1 heterocycles. The van der Waals surface area contributed by atoms with E-state index in [1.54, 1.807) is 0 Å². The minimum absolute atomic E-state index is 0.569. The van der Waals surface area contributed by atoms with E-state index in [4.69, 9.17) is 5.10 Å². The first kappa shape index (κ1) is 19.8. The van der Waals surface area contributed by atoms with E-state index in [-0.39, 0.29) is 0 Å². The standard InChI is InChI=1S/C30H27N3/c1-4-11-24(12-5-1)32-29-18-10-17-27(29)28-21-23(19-20-30(28)32)22-31-33(25-13-6-2-7-14-25)26-15-8-3-9-16-26/h1-9,11-16,19-22,27,29H,10,17-18H2. The predicted molar refractivity (Wildman–Crippen MR) is 138 cm³/mol. The van der Waals surface area contributed by atoms with Crippen molar-refractivity contribution in [2.75, 3.05) is 9.91 Å². The second-order valence-corrected chi connectivity index (χ2v) is 8.86. The van der Waals surface area contributed by atoms with Crippen molar-refractivity contribution < 1.29 is 0 Å². The number of hydrogen-bond donors (Lipinski definition) is 0. The SMILES string of the molecule is C(=NN(c1ccccc1)c1ccccc1)c1ccc2c(c1)C1CCCC1N2c1ccccc1. The van der Waals surface area contributed by atoms with Gasteiger partial charge >= 0.3 is 0 Å². The molecule has 1 aliphatic carbocycles. The van der Waals surface area contributed by atoms with Gasteiger partial charge in [-0.15, -0.1) is 0 Å². The summed E-state index contributed by atoms with van der Waals surface area (Å²) in [5, 5.41) is 6.92. The third-order valence-electron chi connectivity index (χ3n) is 6.88. The Kier molecular flexibility index (Phi) is 5.16. The van der Waals surface area contributed by atoms with Crippen molar-refractivity contribution in [3.05, 3.63) is 120 Å². The van der Waals surface area contributed by atoms with Gasteiger partial charge in [0, 0.05) is 23.3 Å². The van der Waals surface area contributed by atoms with E-state index in [0.717, 1.165) is 16.9 Å². The highest BCUT2D eigenvalue weighted by Gasteiger charge is 2.41. The average molecular weight is 430 g/mol. The molecule has 4 aromatic rings. The highest BCUT2D eigenvalue weighted by atomic mass is 15.5. The summed E-state index contributed by atoms with van der Waals surface area (Å²) >= 11 is 0. The average Bonchev–Trinajstić information content (AvgIpc) is 3.47. The van der Waals surface area contributed by atoms with Crippen LogP contribution >= 0.6 is 0 Å². The van der Waals surface area contributed by atoms with Crippen LogP contribution in [0, 0.1) is 0 Å². The Morgan fingerprint density at radius 3 is 2.03 bits per heavy atom. The minimum Gasteiger partial charge on any atom is -0.338 e. The summed E-state index contributed by atoms with van der Waals surface area (Å²) in [7, 11) is 0. The molecule has 1 saturated carbocycles. The fraction of sp³-hybridized carbons (Fsp3) is 0.167. The maximum absolute atomic E-state index is 4.92. The summed E-state index contributed by atoms with van der Waals surface area (Å²) in [6.07, 6.45) is 5.82. The lowest BCUT2D eigenvalue weighted by Gasteiger charge is -2.27. The van der Waals surface area contributed by atoms with Crippen LogP contribution in [-0.2, 0) is 0 Å². The van der Waals surface area contributed by atoms with Gasteiger partial charge in [-0.05, 0) is 72.5 Å². The quantitative estimate of drug-likeness (QED) is 0.240. The highest BCUT2D eigenvalue weighted by molar-refractivity contribution is 5.85. The summed E-state index contributed by atoms with van der Waals surface area (Å²) in [5.41, 5.74) is 7.37. The normalized spacial score (nSPS) is 19.0. The summed E-state index contributed by atoms with van der Waals surface area (Å²) in [4.78, 5) is 2.56. The molecule has 3 heteroatoms. The molecule has 0 spiro atoms. The first-order valence-electron chi connectivity index (χ1n) is 11.8. The minimum atomic E-state index is 0.569. The zero-order valence-corrected chi connectivity index (χ0v) is 18.6. The van der Waals surface area contributed by atoms with Crippen molar-refractivity contribution >= 4 is 29.0 Å². The summed E-state index contributed by atoms with van der Waals surface area (Å²) in [6.45, 7) is 0. The second kappa shape index (κ2) is 8.59. The lowest BCUT2D eigenvalue weighted by atomic mass is 9.96. The Morgan fingerprint density at radius 2 is 1.36 bits per heavy atom.